The maximum Gasteiger partial charge on any atom is 0.335 e. The highest BCUT2D eigenvalue weighted by molar-refractivity contribution is 5.89. The first-order valence-electron chi connectivity index (χ1n) is 17.7. The lowest BCUT2D eigenvalue weighted by Gasteiger charge is -2.30. The van der Waals surface area contributed by atoms with Crippen molar-refractivity contribution in [1.82, 2.24) is 0 Å². The van der Waals surface area contributed by atoms with Crippen molar-refractivity contribution in [3.8, 4) is 11.1 Å². The quantitative estimate of drug-likeness (QED) is 0.0905. The van der Waals surface area contributed by atoms with Gasteiger partial charge in [0.05, 0.1) is 18.8 Å². The Balaban J connectivity index is 1.42. The summed E-state index contributed by atoms with van der Waals surface area (Å²) in [6.45, 7) is 12.9. The van der Waals surface area contributed by atoms with Crippen LogP contribution in [0.25, 0.3) is 21.9 Å². The van der Waals surface area contributed by atoms with Gasteiger partial charge in [-0.2, -0.15) is 0 Å². The van der Waals surface area contributed by atoms with Gasteiger partial charge in [0.25, 0.3) is 0 Å². The van der Waals surface area contributed by atoms with Gasteiger partial charge in [0.1, 0.15) is 6.10 Å². The third-order valence-corrected chi connectivity index (χ3v) is 9.75. The van der Waals surface area contributed by atoms with E-state index >= 15 is 0 Å². The van der Waals surface area contributed by atoms with E-state index in [4.69, 9.17) is 14.6 Å². The largest absolute Gasteiger partial charge is 0.462 e. The van der Waals surface area contributed by atoms with E-state index in [0.717, 1.165) is 28.7 Å². The number of carbonyl (C=O) groups is 2. The zero-order chi connectivity index (χ0) is 33.8. The summed E-state index contributed by atoms with van der Waals surface area (Å²) in [4.78, 5) is 24.2. The molecule has 0 aromatic heterocycles. The van der Waals surface area contributed by atoms with Crippen LogP contribution in [0.3, 0.4) is 0 Å². The number of benzene rings is 3. The number of carbonyl (C=O) groups excluding carboxylic acids is 2. The van der Waals surface area contributed by atoms with Crippen molar-refractivity contribution in [3.63, 3.8) is 0 Å². The van der Waals surface area contributed by atoms with Crippen molar-refractivity contribution in [2.75, 3.05) is 13.2 Å². The highest BCUT2D eigenvalue weighted by atomic mass is 16.6. The second kappa shape index (κ2) is 18.0. The monoisotopic (exact) mass is 638 g/mol. The molecule has 1 aliphatic carbocycles. The second-order valence-corrected chi connectivity index (χ2v) is 13.4. The predicted octanol–water partition coefficient (Wildman–Crippen LogP) is 9.83. The van der Waals surface area contributed by atoms with Crippen LogP contribution in [0.4, 0.5) is 0 Å². The average molecular weight is 639 g/mol. The number of aliphatic hydroxyl groups is 1. The van der Waals surface area contributed by atoms with E-state index in [-0.39, 0.29) is 12.2 Å². The SMILES string of the molecule is C=C(C)C(=O)OC(CCOC(=O)C(=C)CO)Cc1ccc2cc(-c3ccc(C4CCC(CCCCCC)CC4)c(CC)c3)ccc2c1. The Bertz CT molecular complexity index is 1530. The van der Waals surface area contributed by atoms with Gasteiger partial charge in [-0.1, -0.05) is 108 Å². The molecule has 1 N–H and O–H groups in total. The first kappa shape index (κ1) is 36.1. The minimum absolute atomic E-state index is 0.0121. The Kier molecular flexibility index (Phi) is 13.8. The third-order valence-electron chi connectivity index (χ3n) is 9.75. The lowest BCUT2D eigenvalue weighted by molar-refractivity contribution is -0.146. The summed E-state index contributed by atoms with van der Waals surface area (Å²) in [7, 11) is 0. The van der Waals surface area contributed by atoms with Crippen LogP contribution in [-0.4, -0.2) is 36.4 Å². The normalized spacial score (nSPS) is 16.9. The molecule has 1 saturated carbocycles. The van der Waals surface area contributed by atoms with Gasteiger partial charge in [0.2, 0.25) is 0 Å². The highest BCUT2D eigenvalue weighted by Crippen LogP contribution is 2.40. The zero-order valence-electron chi connectivity index (χ0n) is 28.8. The Morgan fingerprint density at radius 1 is 0.872 bits per heavy atom. The lowest BCUT2D eigenvalue weighted by Crippen LogP contribution is -2.24. The molecule has 0 heterocycles. The molecule has 0 radical (unpaired) electrons. The number of rotatable bonds is 17. The average Bonchev–Trinajstić information content (AvgIpc) is 3.09. The molecule has 5 heteroatoms. The molecular weight excluding hydrogens is 584 g/mol. The third kappa shape index (κ3) is 10.4. The minimum atomic E-state index is -0.657. The van der Waals surface area contributed by atoms with Crippen LogP contribution < -0.4 is 0 Å². The Morgan fingerprint density at radius 2 is 1.57 bits per heavy atom. The van der Waals surface area contributed by atoms with E-state index in [9.17, 15) is 9.59 Å². The number of ether oxygens (including phenoxy) is 2. The summed E-state index contributed by atoms with van der Waals surface area (Å²) in [5, 5.41) is 11.4. The Labute approximate surface area is 282 Å². The van der Waals surface area contributed by atoms with Crippen molar-refractivity contribution < 1.29 is 24.2 Å². The van der Waals surface area contributed by atoms with Crippen molar-refractivity contribution in [2.45, 2.75) is 110 Å². The predicted molar refractivity (Wildman–Crippen MR) is 192 cm³/mol. The molecular formula is C42H54O5. The van der Waals surface area contributed by atoms with E-state index in [2.05, 4.69) is 81.6 Å². The Morgan fingerprint density at radius 3 is 2.28 bits per heavy atom. The molecule has 3 aromatic carbocycles. The van der Waals surface area contributed by atoms with E-state index < -0.39 is 24.6 Å². The van der Waals surface area contributed by atoms with E-state index in [0.29, 0.717) is 24.3 Å². The van der Waals surface area contributed by atoms with E-state index in [1.54, 1.807) is 12.5 Å². The number of esters is 2. The van der Waals surface area contributed by atoms with E-state index in [1.165, 1.54) is 74.5 Å². The van der Waals surface area contributed by atoms with Crippen LogP contribution in [0.5, 0.6) is 0 Å². The molecule has 0 bridgehead atoms. The maximum atomic E-state index is 12.3. The number of aryl methyl sites for hydroxylation is 1. The fourth-order valence-electron chi connectivity index (χ4n) is 6.88. The maximum absolute atomic E-state index is 12.3. The number of fused-ring (bicyclic) bond motifs is 1. The summed E-state index contributed by atoms with van der Waals surface area (Å²) < 4.78 is 10.9. The fraction of sp³-hybridized carbons (Fsp3) is 0.476. The zero-order valence-corrected chi connectivity index (χ0v) is 28.8. The molecule has 3 aromatic rings. The van der Waals surface area contributed by atoms with Gasteiger partial charge in [0.15, 0.2) is 0 Å². The standard InChI is InChI=1S/C42H54O5/c1-6-8-9-10-11-31-12-15-34(16-13-31)40-21-20-38(26-33(40)7-2)37-19-18-35-24-32(14-17-36(35)27-37)25-39(47-41(44)29(3)4)22-23-46-42(45)30(5)28-43/h14,17-21,24,26-27,31,34,39,43H,3,5-13,15-16,22-23,25,28H2,1-2,4H3. The molecule has 5 nitrogen and oxygen atoms in total. The molecule has 1 fully saturated rings. The topological polar surface area (TPSA) is 72.8 Å². The van der Waals surface area contributed by atoms with Crippen LogP contribution in [0, 0.1) is 5.92 Å². The van der Waals surface area contributed by atoms with Crippen LogP contribution >= 0.6 is 0 Å². The minimum Gasteiger partial charge on any atom is -0.462 e. The van der Waals surface area contributed by atoms with Gasteiger partial charge in [-0.05, 0) is 95.5 Å². The molecule has 0 aliphatic heterocycles. The first-order valence-corrected chi connectivity index (χ1v) is 17.7. The Hall–Kier alpha value is -3.70. The molecule has 4 rings (SSSR count). The van der Waals surface area contributed by atoms with Crippen LogP contribution in [0.15, 0.2) is 78.9 Å². The van der Waals surface area contributed by atoms with Gasteiger partial charge in [0, 0.05) is 18.4 Å². The van der Waals surface area contributed by atoms with Crippen LogP contribution in [0.2, 0.25) is 0 Å². The van der Waals surface area contributed by atoms with Crippen molar-refractivity contribution in [3.05, 3.63) is 95.6 Å². The number of aliphatic hydroxyl groups excluding tert-OH is 1. The molecule has 252 valence electrons. The van der Waals surface area contributed by atoms with Gasteiger partial charge in [-0.15, -0.1) is 0 Å². The molecule has 1 atom stereocenters. The first-order chi connectivity index (χ1) is 22.7. The fourth-order valence-corrected chi connectivity index (χ4v) is 6.88. The summed E-state index contributed by atoms with van der Waals surface area (Å²) in [6.07, 6.45) is 13.6. The summed E-state index contributed by atoms with van der Waals surface area (Å²) in [6, 6.07) is 20.0. The van der Waals surface area contributed by atoms with Crippen LogP contribution in [-0.2, 0) is 31.9 Å². The summed E-state index contributed by atoms with van der Waals surface area (Å²) in [5.41, 5.74) is 6.82. The highest BCUT2D eigenvalue weighted by Gasteiger charge is 2.24. The second-order valence-electron chi connectivity index (χ2n) is 13.4. The number of hydrogen-bond acceptors (Lipinski definition) is 5. The smallest absolute Gasteiger partial charge is 0.335 e. The van der Waals surface area contributed by atoms with Gasteiger partial charge in [-0.3, -0.25) is 0 Å². The lowest BCUT2D eigenvalue weighted by atomic mass is 9.75. The molecule has 1 aliphatic rings. The van der Waals surface area contributed by atoms with Gasteiger partial charge >= 0.3 is 11.9 Å². The molecule has 1 unspecified atom stereocenters. The van der Waals surface area contributed by atoms with Gasteiger partial charge in [-0.25, -0.2) is 9.59 Å². The van der Waals surface area contributed by atoms with Gasteiger partial charge < -0.3 is 14.6 Å². The summed E-state index contributed by atoms with van der Waals surface area (Å²) >= 11 is 0. The molecule has 0 saturated heterocycles. The van der Waals surface area contributed by atoms with Crippen molar-refractivity contribution in [2.24, 2.45) is 5.92 Å². The molecule has 47 heavy (non-hydrogen) atoms. The number of hydrogen-bond donors (Lipinski definition) is 1. The molecule has 0 amide bonds. The van der Waals surface area contributed by atoms with Crippen molar-refractivity contribution in [1.29, 1.82) is 0 Å². The van der Waals surface area contributed by atoms with Crippen molar-refractivity contribution >= 4 is 22.7 Å². The summed E-state index contributed by atoms with van der Waals surface area (Å²) in [5.74, 6) is 0.474. The van der Waals surface area contributed by atoms with Crippen LogP contribution in [0.1, 0.15) is 108 Å². The van der Waals surface area contributed by atoms with E-state index in [1.807, 2.05) is 0 Å². The molecule has 0 spiro atoms. The number of unbranched alkanes of at least 4 members (excludes halogenated alkanes) is 3.